The van der Waals surface area contributed by atoms with Gasteiger partial charge in [0.05, 0.1) is 6.61 Å². The van der Waals surface area contributed by atoms with Crippen molar-refractivity contribution in [2.75, 3.05) is 25.6 Å². The number of fused-ring (bicyclic) bond motifs is 1. The summed E-state index contributed by atoms with van der Waals surface area (Å²) in [6.07, 6.45) is 1.79. The monoisotopic (exact) mass is 274 g/mol. The van der Waals surface area contributed by atoms with Crippen LogP contribution < -0.4 is 10.5 Å². The molecule has 4 nitrogen and oxygen atoms in total. The summed E-state index contributed by atoms with van der Waals surface area (Å²) in [7, 11) is 0. The van der Waals surface area contributed by atoms with E-state index in [9.17, 15) is 0 Å². The molecule has 0 aliphatic carbocycles. The fourth-order valence-corrected chi connectivity index (χ4v) is 1.99. The number of aryl methyl sites for hydroxylation is 1. The Bertz CT molecular complexity index is 582. The highest BCUT2D eigenvalue weighted by molar-refractivity contribution is 5.96. The predicted molar refractivity (Wildman–Crippen MR) is 82.0 cm³/mol. The molecule has 0 aliphatic rings. The summed E-state index contributed by atoms with van der Waals surface area (Å²) >= 11 is 0. The molecule has 4 heteroatoms. The van der Waals surface area contributed by atoms with Gasteiger partial charge in [0, 0.05) is 35.0 Å². The summed E-state index contributed by atoms with van der Waals surface area (Å²) < 4.78 is 11.3. The normalized spacial score (nSPS) is 11.2. The lowest BCUT2D eigenvalue weighted by Crippen LogP contribution is -2.10. The van der Waals surface area contributed by atoms with Gasteiger partial charge in [0.25, 0.3) is 0 Å². The van der Waals surface area contributed by atoms with E-state index in [4.69, 9.17) is 15.2 Å². The minimum absolute atomic E-state index is 0.535. The van der Waals surface area contributed by atoms with Gasteiger partial charge in [0.15, 0.2) is 0 Å². The summed E-state index contributed by atoms with van der Waals surface area (Å²) in [5.41, 5.74) is 7.63. The van der Waals surface area contributed by atoms with E-state index in [1.54, 1.807) is 6.20 Å². The van der Waals surface area contributed by atoms with Crippen LogP contribution in [0.3, 0.4) is 0 Å². The Kier molecular flexibility index (Phi) is 4.79. The third-order valence-electron chi connectivity index (χ3n) is 2.97. The van der Waals surface area contributed by atoms with Crippen molar-refractivity contribution in [1.82, 2.24) is 4.98 Å². The first-order chi connectivity index (χ1) is 9.58. The Morgan fingerprint density at radius 3 is 2.75 bits per heavy atom. The second-order valence-corrected chi connectivity index (χ2v) is 5.34. The molecule has 1 aromatic heterocycles. The molecule has 2 rings (SSSR count). The smallest absolute Gasteiger partial charge is 0.127 e. The fourth-order valence-electron chi connectivity index (χ4n) is 1.99. The summed E-state index contributed by atoms with van der Waals surface area (Å²) in [5, 5.41) is 1.93. The molecule has 0 unspecified atom stereocenters. The van der Waals surface area contributed by atoms with Crippen molar-refractivity contribution >= 4 is 16.5 Å². The molecule has 2 N–H and O–H groups in total. The summed E-state index contributed by atoms with van der Waals surface area (Å²) in [4.78, 5) is 4.28. The largest absolute Gasteiger partial charge is 0.491 e. The van der Waals surface area contributed by atoms with E-state index in [1.807, 2.05) is 25.1 Å². The zero-order valence-corrected chi connectivity index (χ0v) is 12.3. The molecule has 2 aromatic rings. The second kappa shape index (κ2) is 6.57. The number of pyridine rings is 1. The molecule has 0 spiro atoms. The van der Waals surface area contributed by atoms with E-state index in [0.717, 1.165) is 34.5 Å². The van der Waals surface area contributed by atoms with Gasteiger partial charge in [-0.2, -0.15) is 0 Å². The lowest BCUT2D eigenvalue weighted by molar-refractivity contribution is 0.0823. The number of aromatic nitrogens is 1. The van der Waals surface area contributed by atoms with E-state index in [0.29, 0.717) is 19.1 Å². The number of hydrogen-bond donors (Lipinski definition) is 1. The lowest BCUT2D eigenvalue weighted by Gasteiger charge is -2.12. The second-order valence-electron chi connectivity index (χ2n) is 5.34. The molecule has 0 saturated heterocycles. The van der Waals surface area contributed by atoms with Crippen LogP contribution in [0.4, 0.5) is 5.69 Å². The molecular formula is C16H22N2O2. The SMILES string of the molecule is Cc1cc2c(OCCOCC(C)C)ccc(N)c2cn1. The first-order valence-electron chi connectivity index (χ1n) is 6.93. The van der Waals surface area contributed by atoms with E-state index in [2.05, 4.69) is 18.8 Å². The van der Waals surface area contributed by atoms with Crippen LogP contribution >= 0.6 is 0 Å². The van der Waals surface area contributed by atoms with Crippen LogP contribution in [-0.2, 0) is 4.74 Å². The number of rotatable bonds is 6. The molecule has 20 heavy (non-hydrogen) atoms. The van der Waals surface area contributed by atoms with Gasteiger partial charge in [-0.1, -0.05) is 13.8 Å². The van der Waals surface area contributed by atoms with Crippen molar-refractivity contribution in [3.63, 3.8) is 0 Å². The van der Waals surface area contributed by atoms with Gasteiger partial charge in [-0.3, -0.25) is 4.98 Å². The molecule has 0 bridgehead atoms. The minimum Gasteiger partial charge on any atom is -0.491 e. The third-order valence-corrected chi connectivity index (χ3v) is 2.97. The first-order valence-corrected chi connectivity index (χ1v) is 6.93. The maximum absolute atomic E-state index is 5.96. The number of hydrogen-bond acceptors (Lipinski definition) is 4. The van der Waals surface area contributed by atoms with Crippen molar-refractivity contribution in [2.24, 2.45) is 5.92 Å². The van der Waals surface area contributed by atoms with E-state index in [1.165, 1.54) is 0 Å². The highest BCUT2D eigenvalue weighted by Gasteiger charge is 2.06. The number of nitrogens with zero attached hydrogens (tertiary/aromatic N) is 1. The third kappa shape index (κ3) is 3.61. The fraction of sp³-hybridized carbons (Fsp3) is 0.438. The van der Waals surface area contributed by atoms with E-state index >= 15 is 0 Å². The average Bonchev–Trinajstić information content (AvgIpc) is 2.40. The molecule has 0 saturated carbocycles. The van der Waals surface area contributed by atoms with E-state index < -0.39 is 0 Å². The molecule has 0 radical (unpaired) electrons. The zero-order chi connectivity index (χ0) is 14.5. The summed E-state index contributed by atoms with van der Waals surface area (Å²) in [6.45, 7) is 8.10. The summed E-state index contributed by atoms with van der Waals surface area (Å²) in [6, 6.07) is 5.75. The molecule has 0 atom stereocenters. The van der Waals surface area contributed by atoms with Gasteiger partial charge in [0.1, 0.15) is 12.4 Å². The van der Waals surface area contributed by atoms with Crippen LogP contribution in [0.25, 0.3) is 10.8 Å². The van der Waals surface area contributed by atoms with Crippen molar-refractivity contribution in [1.29, 1.82) is 0 Å². The van der Waals surface area contributed by atoms with Gasteiger partial charge >= 0.3 is 0 Å². The lowest BCUT2D eigenvalue weighted by atomic mass is 10.1. The maximum atomic E-state index is 5.96. The van der Waals surface area contributed by atoms with Gasteiger partial charge < -0.3 is 15.2 Å². The van der Waals surface area contributed by atoms with Crippen LogP contribution in [0.1, 0.15) is 19.5 Å². The van der Waals surface area contributed by atoms with Gasteiger partial charge in [-0.25, -0.2) is 0 Å². The van der Waals surface area contributed by atoms with Crippen LogP contribution in [0.5, 0.6) is 5.75 Å². The van der Waals surface area contributed by atoms with Crippen LogP contribution in [0.15, 0.2) is 24.4 Å². The maximum Gasteiger partial charge on any atom is 0.127 e. The van der Waals surface area contributed by atoms with Crippen LogP contribution in [-0.4, -0.2) is 24.8 Å². The molecule has 108 valence electrons. The van der Waals surface area contributed by atoms with Gasteiger partial charge in [-0.15, -0.1) is 0 Å². The Labute approximate surface area is 119 Å². The van der Waals surface area contributed by atoms with Crippen molar-refractivity contribution in [3.05, 3.63) is 30.1 Å². The Hall–Kier alpha value is -1.81. The molecular weight excluding hydrogens is 252 g/mol. The zero-order valence-electron chi connectivity index (χ0n) is 12.3. The number of benzene rings is 1. The molecule has 0 amide bonds. The topological polar surface area (TPSA) is 57.4 Å². The van der Waals surface area contributed by atoms with Crippen molar-refractivity contribution in [3.8, 4) is 5.75 Å². The number of anilines is 1. The Morgan fingerprint density at radius 1 is 1.20 bits per heavy atom. The van der Waals surface area contributed by atoms with Crippen molar-refractivity contribution < 1.29 is 9.47 Å². The molecule has 1 aromatic carbocycles. The number of ether oxygens (including phenoxy) is 2. The highest BCUT2D eigenvalue weighted by atomic mass is 16.5. The average molecular weight is 274 g/mol. The standard InChI is InChI=1S/C16H22N2O2/c1-11(2)10-19-6-7-20-16-5-4-15(17)14-9-18-12(3)8-13(14)16/h4-5,8-9,11H,6-7,10,17H2,1-3H3. The predicted octanol–water partition coefficient (Wildman–Crippen LogP) is 3.18. The number of nitrogen functional groups attached to an aromatic ring is 1. The van der Waals surface area contributed by atoms with Gasteiger partial charge in [-0.05, 0) is 31.0 Å². The highest BCUT2D eigenvalue weighted by Crippen LogP contribution is 2.30. The molecule has 1 heterocycles. The number of nitrogens with two attached hydrogens (primary N) is 1. The van der Waals surface area contributed by atoms with E-state index in [-0.39, 0.29) is 0 Å². The Balaban J connectivity index is 2.06. The van der Waals surface area contributed by atoms with Crippen LogP contribution in [0, 0.1) is 12.8 Å². The minimum atomic E-state index is 0.535. The summed E-state index contributed by atoms with van der Waals surface area (Å²) in [5.74, 6) is 1.37. The molecule has 0 fully saturated rings. The van der Waals surface area contributed by atoms with Gasteiger partial charge in [0.2, 0.25) is 0 Å². The Morgan fingerprint density at radius 2 is 2.00 bits per heavy atom. The van der Waals surface area contributed by atoms with Crippen LogP contribution in [0.2, 0.25) is 0 Å². The molecule has 0 aliphatic heterocycles. The van der Waals surface area contributed by atoms with Crippen molar-refractivity contribution in [2.45, 2.75) is 20.8 Å². The first kappa shape index (κ1) is 14.6. The quantitative estimate of drug-likeness (QED) is 0.649.